The van der Waals surface area contributed by atoms with Gasteiger partial charge in [-0.25, -0.2) is 8.42 Å². The quantitative estimate of drug-likeness (QED) is 0.679. The first-order valence-electron chi connectivity index (χ1n) is 8.79. The van der Waals surface area contributed by atoms with Crippen LogP contribution < -0.4 is 0 Å². The molecule has 0 unspecified atom stereocenters. The summed E-state index contributed by atoms with van der Waals surface area (Å²) in [5.41, 5.74) is 0. The van der Waals surface area contributed by atoms with E-state index in [4.69, 9.17) is 4.52 Å². The monoisotopic (exact) mass is 398 g/mol. The van der Waals surface area contributed by atoms with Gasteiger partial charge in [0.25, 0.3) is 0 Å². The molecule has 1 aliphatic heterocycles. The first-order valence-corrected chi connectivity index (χ1v) is 11.5. The van der Waals surface area contributed by atoms with Crippen LogP contribution in [0.5, 0.6) is 0 Å². The molecule has 1 saturated heterocycles. The molecule has 3 heterocycles. The average molecular weight is 399 g/mol. The molecule has 26 heavy (non-hydrogen) atoms. The van der Waals surface area contributed by atoms with Gasteiger partial charge in [-0.15, -0.1) is 11.3 Å². The maximum absolute atomic E-state index is 12.2. The summed E-state index contributed by atoms with van der Waals surface area (Å²) in [6, 6.07) is 4.28. The molecule has 0 bridgehead atoms. The van der Waals surface area contributed by atoms with Crippen LogP contribution in [0.3, 0.4) is 0 Å². The Morgan fingerprint density at radius 1 is 1.38 bits per heavy atom. The molecule has 0 atom stereocenters. The number of likely N-dealkylation sites (tertiary alicyclic amines) is 1. The van der Waals surface area contributed by atoms with E-state index in [1.165, 1.54) is 16.0 Å². The van der Waals surface area contributed by atoms with Gasteiger partial charge in [-0.2, -0.15) is 9.29 Å². The lowest BCUT2D eigenvalue weighted by Gasteiger charge is -2.44. The Labute approximate surface area is 159 Å². The highest BCUT2D eigenvalue weighted by Crippen LogP contribution is 2.24. The summed E-state index contributed by atoms with van der Waals surface area (Å²) < 4.78 is 31.2. The predicted octanol–water partition coefficient (Wildman–Crippen LogP) is 2.25. The minimum atomic E-state index is -3.27. The standard InChI is InChI=1S/C17H26N4O3S2/c1-12(2)17-18-16(19-24-17)7-8-21(26(4,22)23)14-9-20(10-14)11-15-6-5-13(3)25-15/h5-6,12,14H,7-11H2,1-4H3. The summed E-state index contributed by atoms with van der Waals surface area (Å²) >= 11 is 1.79. The van der Waals surface area contributed by atoms with Crippen LogP contribution in [0, 0.1) is 6.92 Å². The van der Waals surface area contributed by atoms with Gasteiger partial charge in [0.15, 0.2) is 5.82 Å². The van der Waals surface area contributed by atoms with Crippen LogP contribution in [0.1, 0.15) is 41.2 Å². The fourth-order valence-electron chi connectivity index (χ4n) is 3.08. The molecule has 1 aliphatic rings. The van der Waals surface area contributed by atoms with Gasteiger partial charge in [0.1, 0.15) is 0 Å². The lowest BCUT2D eigenvalue weighted by Crippen LogP contribution is -2.60. The summed E-state index contributed by atoms with van der Waals surface area (Å²) in [5.74, 6) is 1.32. The Kier molecular flexibility index (Phi) is 5.81. The molecular weight excluding hydrogens is 372 g/mol. The Morgan fingerprint density at radius 2 is 2.12 bits per heavy atom. The van der Waals surface area contributed by atoms with Crippen molar-refractivity contribution in [1.29, 1.82) is 0 Å². The zero-order valence-corrected chi connectivity index (χ0v) is 17.3. The highest BCUT2D eigenvalue weighted by molar-refractivity contribution is 7.88. The summed E-state index contributed by atoms with van der Waals surface area (Å²) in [5, 5.41) is 3.95. The third kappa shape index (κ3) is 4.70. The normalized spacial score (nSPS) is 16.5. The summed E-state index contributed by atoms with van der Waals surface area (Å²) in [7, 11) is -3.27. The van der Waals surface area contributed by atoms with Gasteiger partial charge < -0.3 is 4.52 Å². The molecule has 0 aromatic carbocycles. The molecule has 0 aliphatic carbocycles. The maximum Gasteiger partial charge on any atom is 0.229 e. The maximum atomic E-state index is 12.2. The Balaban J connectivity index is 1.55. The number of aryl methyl sites for hydroxylation is 1. The van der Waals surface area contributed by atoms with Gasteiger partial charge in [-0.3, -0.25) is 4.90 Å². The molecular formula is C17H26N4O3S2. The van der Waals surface area contributed by atoms with Crippen molar-refractivity contribution < 1.29 is 12.9 Å². The molecule has 3 rings (SSSR count). The van der Waals surface area contributed by atoms with Crippen LogP contribution in [0.2, 0.25) is 0 Å². The lowest BCUT2D eigenvalue weighted by molar-refractivity contribution is 0.0740. The van der Waals surface area contributed by atoms with Crippen LogP contribution in [-0.4, -0.2) is 59.7 Å². The number of aromatic nitrogens is 2. The van der Waals surface area contributed by atoms with E-state index in [0.717, 1.165) is 19.6 Å². The SMILES string of the molecule is Cc1ccc(CN2CC(N(CCc3noc(C(C)C)n3)S(C)(=O)=O)C2)s1. The molecule has 2 aromatic heterocycles. The molecule has 144 valence electrons. The fraction of sp³-hybridized carbons (Fsp3) is 0.647. The van der Waals surface area contributed by atoms with Gasteiger partial charge in [0, 0.05) is 48.3 Å². The first kappa shape index (κ1) is 19.5. The molecule has 1 fully saturated rings. The smallest absolute Gasteiger partial charge is 0.229 e. The second kappa shape index (κ2) is 7.75. The van der Waals surface area contributed by atoms with E-state index in [1.807, 2.05) is 13.8 Å². The van der Waals surface area contributed by atoms with E-state index in [1.54, 1.807) is 15.6 Å². The summed E-state index contributed by atoms with van der Waals surface area (Å²) in [6.45, 7) is 8.85. The summed E-state index contributed by atoms with van der Waals surface area (Å²) in [4.78, 5) is 9.23. The van der Waals surface area contributed by atoms with Crippen LogP contribution in [-0.2, 0) is 23.0 Å². The highest BCUT2D eigenvalue weighted by atomic mass is 32.2. The molecule has 2 aromatic rings. The number of hydrogen-bond donors (Lipinski definition) is 0. The van der Waals surface area contributed by atoms with E-state index < -0.39 is 10.0 Å². The predicted molar refractivity (Wildman–Crippen MR) is 102 cm³/mol. The van der Waals surface area contributed by atoms with E-state index in [9.17, 15) is 8.42 Å². The minimum Gasteiger partial charge on any atom is -0.339 e. The molecule has 0 N–H and O–H groups in total. The van der Waals surface area contributed by atoms with Gasteiger partial charge in [-0.05, 0) is 19.1 Å². The third-order valence-electron chi connectivity index (χ3n) is 4.48. The van der Waals surface area contributed by atoms with E-state index in [2.05, 4.69) is 34.1 Å². The van der Waals surface area contributed by atoms with Crippen molar-refractivity contribution in [3.63, 3.8) is 0 Å². The number of sulfonamides is 1. The fourth-order valence-corrected chi connectivity index (χ4v) is 5.11. The van der Waals surface area contributed by atoms with E-state index in [-0.39, 0.29) is 12.0 Å². The molecule has 0 spiro atoms. The van der Waals surface area contributed by atoms with Crippen LogP contribution >= 0.6 is 11.3 Å². The highest BCUT2D eigenvalue weighted by Gasteiger charge is 2.36. The second-order valence-electron chi connectivity index (χ2n) is 7.19. The van der Waals surface area contributed by atoms with Crippen molar-refractivity contribution in [3.05, 3.63) is 33.6 Å². The Bertz CT molecular complexity index is 838. The van der Waals surface area contributed by atoms with Crippen LogP contribution in [0.15, 0.2) is 16.7 Å². The van der Waals surface area contributed by atoms with Crippen molar-refractivity contribution >= 4 is 21.4 Å². The molecule has 7 nitrogen and oxygen atoms in total. The zero-order chi connectivity index (χ0) is 18.9. The van der Waals surface area contributed by atoms with Crippen LogP contribution in [0.25, 0.3) is 0 Å². The zero-order valence-electron chi connectivity index (χ0n) is 15.7. The van der Waals surface area contributed by atoms with Gasteiger partial charge in [0.05, 0.1) is 12.3 Å². The van der Waals surface area contributed by atoms with E-state index >= 15 is 0 Å². The molecule has 0 amide bonds. The average Bonchev–Trinajstić information content (AvgIpc) is 3.12. The van der Waals surface area contributed by atoms with Gasteiger partial charge >= 0.3 is 0 Å². The second-order valence-corrected chi connectivity index (χ2v) is 10.5. The Hall–Kier alpha value is -1.29. The topological polar surface area (TPSA) is 79.5 Å². The number of hydrogen-bond acceptors (Lipinski definition) is 7. The van der Waals surface area contributed by atoms with Crippen LogP contribution in [0.4, 0.5) is 0 Å². The number of rotatable bonds is 8. The first-order chi connectivity index (χ1) is 12.2. The molecule has 9 heteroatoms. The van der Waals surface area contributed by atoms with Gasteiger partial charge in [-0.1, -0.05) is 19.0 Å². The van der Waals surface area contributed by atoms with Gasteiger partial charge in [0.2, 0.25) is 15.9 Å². The largest absolute Gasteiger partial charge is 0.339 e. The third-order valence-corrected chi connectivity index (χ3v) is 6.80. The lowest BCUT2D eigenvalue weighted by atomic mass is 10.1. The van der Waals surface area contributed by atoms with Crippen molar-refractivity contribution in [2.45, 2.75) is 45.7 Å². The Morgan fingerprint density at radius 3 is 2.65 bits per heavy atom. The van der Waals surface area contributed by atoms with Crippen molar-refractivity contribution in [2.75, 3.05) is 25.9 Å². The van der Waals surface area contributed by atoms with Crippen molar-refractivity contribution in [2.24, 2.45) is 0 Å². The molecule has 0 saturated carbocycles. The van der Waals surface area contributed by atoms with Crippen molar-refractivity contribution in [3.8, 4) is 0 Å². The van der Waals surface area contributed by atoms with Crippen molar-refractivity contribution in [1.82, 2.24) is 19.3 Å². The number of nitrogens with zero attached hydrogens (tertiary/aromatic N) is 4. The molecule has 0 radical (unpaired) electrons. The minimum absolute atomic E-state index is 0.0162. The number of thiophene rings is 1. The summed E-state index contributed by atoms with van der Waals surface area (Å²) in [6.07, 6.45) is 1.73. The van der Waals surface area contributed by atoms with E-state index in [0.29, 0.717) is 24.7 Å².